The molecule has 1 aliphatic carbocycles. The Morgan fingerprint density at radius 2 is 1.79 bits per heavy atom. The van der Waals surface area contributed by atoms with E-state index < -0.39 is 0 Å². The highest BCUT2D eigenvalue weighted by Gasteiger charge is 2.40. The minimum atomic E-state index is 0. The number of likely N-dealkylation sites (tertiary alicyclic amines) is 1. The van der Waals surface area contributed by atoms with Crippen LogP contribution in [-0.4, -0.2) is 45.2 Å². The van der Waals surface area contributed by atoms with Crippen molar-refractivity contribution >= 4 is 18.3 Å². The predicted octanol–water partition coefficient (Wildman–Crippen LogP) is 2.70. The summed E-state index contributed by atoms with van der Waals surface area (Å²) >= 11 is 0. The molecule has 1 aromatic carbocycles. The van der Waals surface area contributed by atoms with Crippen molar-refractivity contribution in [2.75, 3.05) is 19.6 Å². The number of piperidine rings is 1. The van der Waals surface area contributed by atoms with Crippen LogP contribution in [0.2, 0.25) is 0 Å². The molecule has 2 fully saturated rings. The third-order valence-corrected chi connectivity index (χ3v) is 6.34. The number of carbonyl (C=O) groups excluding carboxylic acids is 1. The molecule has 1 atom stereocenters. The fourth-order valence-electron chi connectivity index (χ4n) is 4.68. The van der Waals surface area contributed by atoms with Crippen molar-refractivity contribution in [1.82, 2.24) is 25.0 Å². The fourth-order valence-corrected chi connectivity index (χ4v) is 4.68. The van der Waals surface area contributed by atoms with Gasteiger partial charge in [-0.05, 0) is 37.2 Å². The lowest BCUT2D eigenvalue weighted by Crippen LogP contribution is -2.41. The number of nitrogens with one attached hydrogen (secondary N) is 1. The van der Waals surface area contributed by atoms with Gasteiger partial charge in [-0.25, -0.2) is 0 Å². The van der Waals surface area contributed by atoms with E-state index in [9.17, 15) is 4.79 Å². The molecule has 0 spiro atoms. The number of halogens is 1. The van der Waals surface area contributed by atoms with E-state index in [1.807, 2.05) is 18.2 Å². The Balaban J connectivity index is 0.00000192. The molecule has 1 saturated carbocycles. The zero-order chi connectivity index (χ0) is 18.2. The summed E-state index contributed by atoms with van der Waals surface area (Å²) < 4.78 is 2.29. The van der Waals surface area contributed by atoms with Gasteiger partial charge in [-0.15, -0.1) is 22.6 Å². The lowest BCUT2D eigenvalue weighted by atomic mass is 9.90. The van der Waals surface area contributed by atoms with E-state index in [4.69, 9.17) is 0 Å². The van der Waals surface area contributed by atoms with E-state index in [2.05, 4.69) is 37.1 Å². The standard InChI is InChI=1S/C21H27N5O.ClH/c27-21(19(16-6-7-16)15-4-2-1-3-5-15)25-11-8-17(9-12-25)20-24-23-18-14-22-10-13-26(18)20;/h1-5,16-17,19,22H,6-14H2;1H. The smallest absolute Gasteiger partial charge is 0.230 e. The highest BCUT2D eigenvalue weighted by molar-refractivity contribution is 5.85. The van der Waals surface area contributed by atoms with Crippen LogP contribution in [0.15, 0.2) is 30.3 Å². The molecule has 6 nitrogen and oxygen atoms in total. The molecule has 1 unspecified atom stereocenters. The number of hydrogen-bond donors (Lipinski definition) is 1. The first-order valence-electron chi connectivity index (χ1n) is 10.3. The zero-order valence-electron chi connectivity index (χ0n) is 16.1. The lowest BCUT2D eigenvalue weighted by Gasteiger charge is -2.34. The van der Waals surface area contributed by atoms with E-state index in [-0.39, 0.29) is 18.3 Å². The summed E-state index contributed by atoms with van der Waals surface area (Å²) in [5.41, 5.74) is 1.19. The van der Waals surface area contributed by atoms with Crippen LogP contribution in [0, 0.1) is 5.92 Å². The topological polar surface area (TPSA) is 63.1 Å². The van der Waals surface area contributed by atoms with Crippen molar-refractivity contribution in [3.05, 3.63) is 47.5 Å². The Bertz CT molecular complexity index is 811. The van der Waals surface area contributed by atoms with Gasteiger partial charge >= 0.3 is 0 Å². The molecule has 2 aliphatic heterocycles. The molecule has 1 amide bonds. The summed E-state index contributed by atoms with van der Waals surface area (Å²) in [5, 5.41) is 12.2. The number of fused-ring (bicyclic) bond motifs is 1. The molecule has 0 bridgehead atoms. The highest BCUT2D eigenvalue weighted by Crippen LogP contribution is 2.44. The van der Waals surface area contributed by atoms with Crippen LogP contribution in [-0.2, 0) is 17.9 Å². The second-order valence-electron chi connectivity index (χ2n) is 8.13. The SMILES string of the molecule is Cl.O=C(C(c1ccccc1)C1CC1)N1CCC(c2nnc3n2CCNC3)CC1. The van der Waals surface area contributed by atoms with Crippen LogP contribution in [0.4, 0.5) is 0 Å². The van der Waals surface area contributed by atoms with Gasteiger partial charge in [0.1, 0.15) is 11.6 Å². The van der Waals surface area contributed by atoms with Gasteiger partial charge in [0, 0.05) is 32.1 Å². The molecule has 7 heteroatoms. The minimum Gasteiger partial charge on any atom is -0.342 e. The van der Waals surface area contributed by atoms with Gasteiger partial charge in [0.2, 0.25) is 5.91 Å². The first-order valence-corrected chi connectivity index (χ1v) is 10.3. The van der Waals surface area contributed by atoms with Crippen molar-refractivity contribution in [2.45, 2.75) is 50.6 Å². The van der Waals surface area contributed by atoms with E-state index >= 15 is 0 Å². The molecule has 3 aliphatic rings. The molecule has 150 valence electrons. The molecular weight excluding hydrogens is 374 g/mol. The largest absolute Gasteiger partial charge is 0.342 e. The molecule has 28 heavy (non-hydrogen) atoms. The average Bonchev–Trinajstić information content (AvgIpc) is 3.46. The molecule has 5 rings (SSSR count). The molecular formula is C21H28ClN5O. The minimum absolute atomic E-state index is 0. The Morgan fingerprint density at radius 1 is 1.04 bits per heavy atom. The molecule has 1 saturated heterocycles. The van der Waals surface area contributed by atoms with Crippen molar-refractivity contribution in [1.29, 1.82) is 0 Å². The normalized spacial score (nSPS) is 20.9. The third-order valence-electron chi connectivity index (χ3n) is 6.34. The summed E-state index contributed by atoms with van der Waals surface area (Å²) in [6.45, 7) is 4.41. The highest BCUT2D eigenvalue weighted by atomic mass is 35.5. The number of benzene rings is 1. The summed E-state index contributed by atoms with van der Waals surface area (Å²) in [6.07, 6.45) is 4.34. The maximum atomic E-state index is 13.3. The zero-order valence-corrected chi connectivity index (χ0v) is 16.9. The summed E-state index contributed by atoms with van der Waals surface area (Å²) in [4.78, 5) is 15.4. The van der Waals surface area contributed by atoms with Gasteiger partial charge in [0.15, 0.2) is 0 Å². The fraction of sp³-hybridized carbons (Fsp3) is 0.571. The van der Waals surface area contributed by atoms with Crippen LogP contribution in [0.25, 0.3) is 0 Å². The first-order chi connectivity index (χ1) is 13.3. The van der Waals surface area contributed by atoms with Gasteiger partial charge in [-0.1, -0.05) is 30.3 Å². The van der Waals surface area contributed by atoms with E-state index in [0.717, 1.165) is 57.2 Å². The predicted molar refractivity (Wildman–Crippen MR) is 109 cm³/mol. The van der Waals surface area contributed by atoms with Crippen molar-refractivity contribution < 1.29 is 4.79 Å². The number of amides is 1. The van der Waals surface area contributed by atoms with Gasteiger partial charge < -0.3 is 14.8 Å². The molecule has 0 radical (unpaired) electrons. The number of hydrogen-bond acceptors (Lipinski definition) is 4. The molecule has 1 N–H and O–H groups in total. The summed E-state index contributed by atoms with van der Waals surface area (Å²) in [7, 11) is 0. The van der Waals surface area contributed by atoms with E-state index in [1.165, 1.54) is 18.4 Å². The van der Waals surface area contributed by atoms with Gasteiger partial charge in [-0.2, -0.15) is 0 Å². The Morgan fingerprint density at radius 3 is 2.50 bits per heavy atom. The molecule has 3 heterocycles. The second-order valence-corrected chi connectivity index (χ2v) is 8.13. The van der Waals surface area contributed by atoms with Crippen molar-refractivity contribution in [3.8, 4) is 0 Å². The molecule has 2 aromatic rings. The Hall–Kier alpha value is -1.92. The van der Waals surface area contributed by atoms with Crippen LogP contribution in [0.1, 0.15) is 54.7 Å². The maximum absolute atomic E-state index is 13.3. The van der Waals surface area contributed by atoms with Gasteiger partial charge in [0.05, 0.1) is 12.5 Å². The van der Waals surface area contributed by atoms with Gasteiger partial charge in [0.25, 0.3) is 0 Å². The van der Waals surface area contributed by atoms with Crippen LogP contribution >= 0.6 is 12.4 Å². The van der Waals surface area contributed by atoms with Crippen LogP contribution in [0.3, 0.4) is 0 Å². The summed E-state index contributed by atoms with van der Waals surface area (Å²) in [5.74, 6) is 3.51. The third kappa shape index (κ3) is 3.67. The first kappa shape index (κ1) is 19.4. The van der Waals surface area contributed by atoms with Crippen LogP contribution in [0.5, 0.6) is 0 Å². The average molecular weight is 402 g/mol. The Labute approximate surface area is 172 Å². The number of nitrogens with zero attached hydrogens (tertiary/aromatic N) is 4. The Kier molecular flexibility index (Phi) is 5.69. The van der Waals surface area contributed by atoms with E-state index in [1.54, 1.807) is 0 Å². The maximum Gasteiger partial charge on any atom is 0.230 e. The van der Waals surface area contributed by atoms with Gasteiger partial charge in [-0.3, -0.25) is 4.79 Å². The number of aromatic nitrogens is 3. The second kappa shape index (κ2) is 8.21. The number of rotatable bonds is 4. The van der Waals surface area contributed by atoms with E-state index in [0.29, 0.717) is 17.7 Å². The van der Waals surface area contributed by atoms with Crippen LogP contribution < -0.4 is 5.32 Å². The monoisotopic (exact) mass is 401 g/mol. The quantitative estimate of drug-likeness (QED) is 0.855. The van der Waals surface area contributed by atoms with Crippen molar-refractivity contribution in [3.63, 3.8) is 0 Å². The van der Waals surface area contributed by atoms with Crippen molar-refractivity contribution in [2.24, 2.45) is 5.92 Å². The molecule has 1 aromatic heterocycles. The lowest BCUT2D eigenvalue weighted by molar-refractivity contribution is -0.134. The summed E-state index contributed by atoms with van der Waals surface area (Å²) in [6, 6.07) is 10.4. The number of carbonyl (C=O) groups is 1.